The lowest BCUT2D eigenvalue weighted by atomic mass is 10.2. The summed E-state index contributed by atoms with van der Waals surface area (Å²) >= 11 is 0. The van der Waals surface area contributed by atoms with Crippen LogP contribution in [0.15, 0.2) is 41.4 Å². The van der Waals surface area contributed by atoms with Crippen LogP contribution < -0.4 is 5.32 Å². The number of benzene rings is 1. The minimum Gasteiger partial charge on any atom is -0.379 e. The quantitative estimate of drug-likeness (QED) is 0.226. The molecule has 2 aliphatic rings. The molecule has 2 aliphatic heterocycles. The second-order valence-electron chi connectivity index (χ2n) is 8.00. The molecule has 0 radical (unpaired) electrons. The molecule has 0 saturated carbocycles. The zero-order valence-electron chi connectivity index (χ0n) is 19.0. The highest BCUT2D eigenvalue weighted by molar-refractivity contribution is 14.0. The van der Waals surface area contributed by atoms with Crippen molar-refractivity contribution in [3.63, 3.8) is 0 Å². The monoisotopic (exact) mass is 541 g/mol. The molecule has 2 fully saturated rings. The number of nitrogens with one attached hydrogen (secondary N) is 1. The van der Waals surface area contributed by atoms with E-state index in [1.54, 1.807) is 0 Å². The van der Waals surface area contributed by atoms with Crippen molar-refractivity contribution in [3.05, 3.63) is 42.0 Å². The fourth-order valence-corrected chi connectivity index (χ4v) is 3.93. The number of morpholine rings is 1. The summed E-state index contributed by atoms with van der Waals surface area (Å²) in [6.45, 7) is 14.3. The number of rotatable bonds is 9. The summed E-state index contributed by atoms with van der Waals surface area (Å²) in [6.07, 6.45) is 6.86. The number of hydrogen-bond donors (Lipinski definition) is 1. The van der Waals surface area contributed by atoms with Crippen LogP contribution in [-0.4, -0.2) is 99.3 Å². The fraction of sp³-hybridized carbons (Fsp3) is 0.625. The molecule has 174 valence electrons. The number of nitrogens with zero attached hydrogens (tertiary/aromatic N) is 4. The molecule has 0 amide bonds. The molecule has 6 nitrogen and oxygen atoms in total. The van der Waals surface area contributed by atoms with E-state index in [0.29, 0.717) is 0 Å². The van der Waals surface area contributed by atoms with Crippen molar-refractivity contribution in [3.8, 4) is 0 Å². The molecule has 7 heteroatoms. The minimum absolute atomic E-state index is 0. The Kier molecular flexibility index (Phi) is 13.1. The van der Waals surface area contributed by atoms with E-state index in [2.05, 4.69) is 69.4 Å². The van der Waals surface area contributed by atoms with Crippen LogP contribution in [0.25, 0.3) is 6.08 Å². The second kappa shape index (κ2) is 15.6. The molecule has 0 bridgehead atoms. The van der Waals surface area contributed by atoms with Gasteiger partial charge in [0.2, 0.25) is 0 Å². The van der Waals surface area contributed by atoms with Crippen LogP contribution in [0.4, 0.5) is 0 Å². The minimum atomic E-state index is 0. The fourth-order valence-electron chi connectivity index (χ4n) is 3.93. The molecule has 0 aromatic heterocycles. The summed E-state index contributed by atoms with van der Waals surface area (Å²) in [6, 6.07) is 10.5. The first-order valence-electron chi connectivity index (χ1n) is 11.6. The van der Waals surface area contributed by atoms with Crippen molar-refractivity contribution in [1.29, 1.82) is 0 Å². The van der Waals surface area contributed by atoms with Crippen LogP contribution in [-0.2, 0) is 4.74 Å². The summed E-state index contributed by atoms with van der Waals surface area (Å²) in [5.74, 6) is 1.09. The predicted octanol–water partition coefficient (Wildman–Crippen LogP) is 3.01. The Balaban J connectivity index is 0.00000341. The molecule has 0 atom stereocenters. The maximum atomic E-state index is 5.42. The highest BCUT2D eigenvalue weighted by Gasteiger charge is 2.18. The van der Waals surface area contributed by atoms with E-state index >= 15 is 0 Å². The molecule has 0 unspecified atom stereocenters. The van der Waals surface area contributed by atoms with E-state index in [9.17, 15) is 0 Å². The Morgan fingerprint density at radius 2 is 1.74 bits per heavy atom. The van der Waals surface area contributed by atoms with Gasteiger partial charge in [-0.2, -0.15) is 0 Å². The lowest BCUT2D eigenvalue weighted by Gasteiger charge is -2.36. The van der Waals surface area contributed by atoms with Gasteiger partial charge in [-0.1, -0.05) is 42.5 Å². The third kappa shape index (κ3) is 9.89. The average Bonchev–Trinajstić information content (AvgIpc) is 2.80. The van der Waals surface area contributed by atoms with Crippen molar-refractivity contribution in [2.24, 2.45) is 4.99 Å². The number of guanidine groups is 1. The molecular formula is C24H40IN5O. The maximum Gasteiger partial charge on any atom is 0.194 e. The Hall–Kier alpha value is -1.16. The van der Waals surface area contributed by atoms with Gasteiger partial charge < -0.3 is 15.0 Å². The molecule has 1 N–H and O–H groups in total. The van der Waals surface area contributed by atoms with E-state index in [1.165, 1.54) is 18.5 Å². The number of halogens is 1. The SMILES string of the molecule is CCNC(=NCCCCN1CCOCC1)N1CCN(C/C=C/c2ccccc2)CC1.I. The van der Waals surface area contributed by atoms with Gasteiger partial charge in [-0.15, -0.1) is 24.0 Å². The largest absolute Gasteiger partial charge is 0.379 e. The maximum absolute atomic E-state index is 5.42. The summed E-state index contributed by atoms with van der Waals surface area (Å²) in [7, 11) is 0. The molecule has 1 aromatic rings. The highest BCUT2D eigenvalue weighted by Crippen LogP contribution is 2.06. The molecule has 0 spiro atoms. The van der Waals surface area contributed by atoms with Crippen molar-refractivity contribution >= 4 is 36.0 Å². The first kappa shape index (κ1) is 26.1. The van der Waals surface area contributed by atoms with Gasteiger partial charge in [0.1, 0.15) is 0 Å². The molecule has 2 heterocycles. The molecule has 3 rings (SSSR count). The summed E-state index contributed by atoms with van der Waals surface area (Å²) in [5, 5.41) is 3.49. The van der Waals surface area contributed by atoms with E-state index in [4.69, 9.17) is 9.73 Å². The summed E-state index contributed by atoms with van der Waals surface area (Å²) in [4.78, 5) is 12.3. The first-order chi connectivity index (χ1) is 14.8. The van der Waals surface area contributed by atoms with Crippen molar-refractivity contribution in [2.75, 3.05) is 78.7 Å². The molecule has 31 heavy (non-hydrogen) atoms. The van der Waals surface area contributed by atoms with Crippen LogP contribution in [0.2, 0.25) is 0 Å². The van der Waals surface area contributed by atoms with Crippen molar-refractivity contribution in [2.45, 2.75) is 19.8 Å². The van der Waals surface area contributed by atoms with Gasteiger partial charge in [0, 0.05) is 58.9 Å². The highest BCUT2D eigenvalue weighted by atomic mass is 127. The van der Waals surface area contributed by atoms with E-state index in [1.807, 2.05) is 0 Å². The standard InChI is InChI=1S/C24H39N5O.HI/c1-2-25-24(26-12-6-7-13-28-19-21-30-22-20-28)29-17-15-27(16-18-29)14-8-11-23-9-4-3-5-10-23;/h3-5,8-11H,2,6-7,12-22H2,1H3,(H,25,26);1H/b11-8+;. The molecule has 1 aromatic carbocycles. The smallest absolute Gasteiger partial charge is 0.194 e. The van der Waals surface area contributed by atoms with Crippen LogP contribution in [0, 0.1) is 0 Å². The van der Waals surface area contributed by atoms with E-state index in [-0.39, 0.29) is 24.0 Å². The van der Waals surface area contributed by atoms with E-state index in [0.717, 1.165) is 84.5 Å². The normalized spacial score (nSPS) is 18.9. The zero-order chi connectivity index (χ0) is 20.9. The number of ether oxygens (including phenoxy) is 1. The lowest BCUT2D eigenvalue weighted by Crippen LogP contribution is -2.52. The van der Waals surface area contributed by atoms with Gasteiger partial charge in [-0.3, -0.25) is 14.8 Å². The number of piperazine rings is 1. The van der Waals surface area contributed by atoms with E-state index < -0.39 is 0 Å². The van der Waals surface area contributed by atoms with Crippen molar-refractivity contribution in [1.82, 2.24) is 20.0 Å². The molecule has 0 aliphatic carbocycles. The third-order valence-electron chi connectivity index (χ3n) is 5.73. The van der Waals surface area contributed by atoms with Crippen LogP contribution in [0.5, 0.6) is 0 Å². The van der Waals surface area contributed by atoms with Gasteiger partial charge in [0.15, 0.2) is 5.96 Å². The van der Waals surface area contributed by atoms with Crippen LogP contribution in [0.1, 0.15) is 25.3 Å². The topological polar surface area (TPSA) is 43.3 Å². The first-order valence-corrected chi connectivity index (χ1v) is 11.6. The number of unbranched alkanes of at least 4 members (excludes halogenated alkanes) is 1. The third-order valence-corrected chi connectivity index (χ3v) is 5.73. The number of aliphatic imine (C=N–C) groups is 1. The molecular weight excluding hydrogens is 501 g/mol. The van der Waals surface area contributed by atoms with Crippen LogP contribution >= 0.6 is 24.0 Å². The Morgan fingerprint density at radius 3 is 2.45 bits per heavy atom. The van der Waals surface area contributed by atoms with Gasteiger partial charge >= 0.3 is 0 Å². The zero-order valence-corrected chi connectivity index (χ0v) is 21.4. The predicted molar refractivity (Wildman–Crippen MR) is 141 cm³/mol. The summed E-state index contributed by atoms with van der Waals surface area (Å²) in [5.41, 5.74) is 1.27. The average molecular weight is 542 g/mol. The Morgan fingerprint density at radius 1 is 1.00 bits per heavy atom. The van der Waals surface area contributed by atoms with Crippen LogP contribution in [0.3, 0.4) is 0 Å². The van der Waals surface area contributed by atoms with Gasteiger partial charge in [-0.05, 0) is 31.9 Å². The Labute approximate surface area is 205 Å². The van der Waals surface area contributed by atoms with Crippen molar-refractivity contribution < 1.29 is 4.74 Å². The van der Waals surface area contributed by atoms with Gasteiger partial charge in [-0.25, -0.2) is 0 Å². The Bertz CT molecular complexity index is 641. The second-order valence-corrected chi connectivity index (χ2v) is 8.00. The van der Waals surface area contributed by atoms with Gasteiger partial charge in [0.05, 0.1) is 13.2 Å². The molecule has 2 saturated heterocycles. The lowest BCUT2D eigenvalue weighted by molar-refractivity contribution is 0.0373. The summed E-state index contributed by atoms with van der Waals surface area (Å²) < 4.78 is 5.42. The number of hydrogen-bond acceptors (Lipinski definition) is 4. The van der Waals surface area contributed by atoms with Gasteiger partial charge in [0.25, 0.3) is 0 Å².